The predicted octanol–water partition coefficient (Wildman–Crippen LogP) is 7.72. The molecular formula is C40H46N4O4. The van der Waals surface area contributed by atoms with Crippen molar-refractivity contribution in [3.05, 3.63) is 95.6 Å². The smallest absolute Gasteiger partial charge is 0.338 e. The number of nitrogens with zero attached hydrogens (tertiary/aromatic N) is 3. The number of esters is 1. The van der Waals surface area contributed by atoms with Crippen LogP contribution in [0.15, 0.2) is 78.9 Å². The second kappa shape index (κ2) is 15.6. The van der Waals surface area contributed by atoms with Gasteiger partial charge >= 0.3 is 5.97 Å². The molecule has 1 aliphatic heterocycles. The number of hydrogen-bond acceptors (Lipinski definition) is 6. The average molecular weight is 647 g/mol. The Labute approximate surface area is 283 Å². The molecule has 4 aromatic rings. The minimum Gasteiger partial charge on any atom is -0.462 e. The second-order valence-corrected chi connectivity index (χ2v) is 12.9. The molecule has 250 valence electrons. The first-order valence-corrected chi connectivity index (χ1v) is 17.5. The van der Waals surface area contributed by atoms with Crippen molar-refractivity contribution in [3.8, 4) is 11.3 Å². The van der Waals surface area contributed by atoms with Gasteiger partial charge in [-0.2, -0.15) is 0 Å². The van der Waals surface area contributed by atoms with E-state index in [1.165, 1.54) is 6.42 Å². The van der Waals surface area contributed by atoms with E-state index in [1.807, 2.05) is 42.5 Å². The molecule has 1 N–H and O–H groups in total. The number of amides is 2. The summed E-state index contributed by atoms with van der Waals surface area (Å²) in [6.45, 7) is 6.90. The maximum absolute atomic E-state index is 14.7. The number of piperidine rings is 1. The van der Waals surface area contributed by atoms with Gasteiger partial charge in [0.05, 0.1) is 28.9 Å². The summed E-state index contributed by atoms with van der Waals surface area (Å²) in [5, 5.41) is 3.93. The zero-order chi connectivity index (χ0) is 33.5. The van der Waals surface area contributed by atoms with Crippen LogP contribution in [-0.4, -0.2) is 64.9 Å². The van der Waals surface area contributed by atoms with Crippen LogP contribution in [0.3, 0.4) is 0 Å². The highest BCUT2D eigenvalue weighted by Crippen LogP contribution is 2.35. The van der Waals surface area contributed by atoms with Gasteiger partial charge in [0.15, 0.2) is 0 Å². The van der Waals surface area contributed by atoms with Gasteiger partial charge in [-0.25, -0.2) is 9.78 Å². The van der Waals surface area contributed by atoms with E-state index in [2.05, 4.69) is 34.2 Å². The van der Waals surface area contributed by atoms with Crippen molar-refractivity contribution >= 4 is 34.4 Å². The number of nitrogens with one attached hydrogen (secondary N) is 1. The summed E-state index contributed by atoms with van der Waals surface area (Å²) in [6.07, 6.45) is 7.08. The molecular weight excluding hydrogens is 600 g/mol. The fourth-order valence-electron chi connectivity index (χ4n) is 7.31. The van der Waals surface area contributed by atoms with Crippen molar-refractivity contribution in [1.29, 1.82) is 0 Å². The third-order valence-electron chi connectivity index (χ3n) is 9.88. The van der Waals surface area contributed by atoms with Crippen molar-refractivity contribution in [3.63, 3.8) is 0 Å². The maximum Gasteiger partial charge on any atom is 0.338 e. The molecule has 2 aliphatic rings. The molecule has 0 atom stereocenters. The zero-order valence-electron chi connectivity index (χ0n) is 28.1. The number of hydrogen-bond donors (Lipinski definition) is 1. The van der Waals surface area contributed by atoms with E-state index < -0.39 is 0 Å². The van der Waals surface area contributed by atoms with Crippen molar-refractivity contribution in [2.75, 3.05) is 31.6 Å². The Morgan fingerprint density at radius 3 is 2.23 bits per heavy atom. The quantitative estimate of drug-likeness (QED) is 0.177. The third kappa shape index (κ3) is 7.44. The van der Waals surface area contributed by atoms with Crippen LogP contribution in [0.2, 0.25) is 0 Å². The lowest BCUT2D eigenvalue weighted by atomic mass is 9.91. The molecule has 1 aromatic heterocycles. The molecule has 0 bridgehead atoms. The Hall–Kier alpha value is -4.56. The average Bonchev–Trinajstić information content (AvgIpc) is 3.13. The van der Waals surface area contributed by atoms with E-state index in [0.29, 0.717) is 43.8 Å². The number of benzene rings is 3. The SMILES string of the molecule is CCOC(=O)c1ccc(NC(=O)C2CCN(Cc3c(-c4ccccc4)nc4ccccc4c3C(=O)N(CC)C3CCCCC3)CC2)cc1. The molecule has 1 saturated heterocycles. The number of rotatable bonds is 10. The molecule has 1 saturated carbocycles. The van der Waals surface area contributed by atoms with E-state index in [-0.39, 0.29) is 29.7 Å². The highest BCUT2D eigenvalue weighted by Gasteiger charge is 2.32. The molecule has 3 aromatic carbocycles. The molecule has 2 heterocycles. The summed E-state index contributed by atoms with van der Waals surface area (Å²) in [7, 11) is 0. The van der Waals surface area contributed by atoms with Gasteiger partial charge in [-0.15, -0.1) is 0 Å². The van der Waals surface area contributed by atoms with Crippen LogP contribution in [0.5, 0.6) is 0 Å². The number of aromatic nitrogens is 1. The van der Waals surface area contributed by atoms with Gasteiger partial charge in [0.1, 0.15) is 0 Å². The molecule has 2 fully saturated rings. The number of anilines is 1. The Bertz CT molecular complexity index is 1730. The third-order valence-corrected chi connectivity index (χ3v) is 9.88. The van der Waals surface area contributed by atoms with Crippen molar-refractivity contribution < 1.29 is 19.1 Å². The fourth-order valence-corrected chi connectivity index (χ4v) is 7.31. The summed E-state index contributed by atoms with van der Waals surface area (Å²) >= 11 is 0. The van der Waals surface area contributed by atoms with Crippen LogP contribution in [0.4, 0.5) is 5.69 Å². The van der Waals surface area contributed by atoms with Crippen molar-refractivity contribution in [2.45, 2.75) is 71.4 Å². The highest BCUT2D eigenvalue weighted by atomic mass is 16.5. The van der Waals surface area contributed by atoms with Gasteiger partial charge in [-0.3, -0.25) is 14.5 Å². The van der Waals surface area contributed by atoms with Crippen molar-refractivity contribution in [1.82, 2.24) is 14.8 Å². The van der Waals surface area contributed by atoms with Crippen LogP contribution in [-0.2, 0) is 16.1 Å². The topological polar surface area (TPSA) is 91.8 Å². The Balaban J connectivity index is 1.25. The minimum atomic E-state index is -0.374. The summed E-state index contributed by atoms with van der Waals surface area (Å²) in [5.74, 6) is -0.422. The fraction of sp³-hybridized carbons (Fsp3) is 0.400. The first-order valence-electron chi connectivity index (χ1n) is 17.5. The molecule has 8 heteroatoms. The van der Waals surface area contributed by atoms with Gasteiger partial charge in [-0.05, 0) is 83.0 Å². The predicted molar refractivity (Wildman–Crippen MR) is 190 cm³/mol. The molecule has 0 radical (unpaired) electrons. The monoisotopic (exact) mass is 646 g/mol. The lowest BCUT2D eigenvalue weighted by Crippen LogP contribution is -2.42. The molecule has 0 spiro atoms. The number of pyridine rings is 1. The van der Waals surface area contributed by atoms with Gasteiger partial charge in [0.2, 0.25) is 5.91 Å². The van der Waals surface area contributed by atoms with E-state index in [0.717, 1.165) is 72.1 Å². The van der Waals surface area contributed by atoms with Gasteiger partial charge < -0.3 is 15.0 Å². The summed E-state index contributed by atoms with van der Waals surface area (Å²) in [6, 6.07) is 25.3. The normalized spacial score (nSPS) is 16.0. The minimum absolute atomic E-state index is 0.0159. The Kier molecular flexibility index (Phi) is 10.8. The van der Waals surface area contributed by atoms with Gasteiger partial charge in [0.25, 0.3) is 5.91 Å². The number of fused-ring (bicyclic) bond motifs is 1. The molecule has 0 unspecified atom stereocenters. The maximum atomic E-state index is 14.7. The molecule has 8 nitrogen and oxygen atoms in total. The number of likely N-dealkylation sites (tertiary alicyclic amines) is 1. The standard InChI is InChI=1S/C40H46N4O4/c1-3-44(32-15-9-6-10-16-32)39(46)36-33-17-11-12-18-35(33)42-37(28-13-7-5-8-14-28)34(36)27-43-25-23-29(24-26-43)38(45)41-31-21-19-30(20-22-31)40(47)48-4-2/h5,7-8,11-14,17-22,29,32H,3-4,6,9-10,15-16,23-27H2,1-2H3,(H,41,45). The molecule has 2 amide bonds. The van der Waals surface area contributed by atoms with E-state index >= 15 is 0 Å². The number of carbonyl (C=O) groups is 3. The molecule has 6 rings (SSSR count). The molecule has 1 aliphatic carbocycles. The van der Waals surface area contributed by atoms with Crippen LogP contribution in [0, 0.1) is 5.92 Å². The van der Waals surface area contributed by atoms with E-state index in [1.54, 1.807) is 31.2 Å². The number of ether oxygens (including phenoxy) is 1. The Morgan fingerprint density at radius 1 is 0.854 bits per heavy atom. The van der Waals surface area contributed by atoms with E-state index in [9.17, 15) is 14.4 Å². The second-order valence-electron chi connectivity index (χ2n) is 12.9. The summed E-state index contributed by atoms with van der Waals surface area (Å²) in [4.78, 5) is 49.6. The van der Waals surface area contributed by atoms with Crippen LogP contribution in [0.1, 0.15) is 85.1 Å². The molecule has 48 heavy (non-hydrogen) atoms. The van der Waals surface area contributed by atoms with Crippen LogP contribution in [0.25, 0.3) is 22.2 Å². The van der Waals surface area contributed by atoms with E-state index in [4.69, 9.17) is 9.72 Å². The summed E-state index contributed by atoms with van der Waals surface area (Å²) in [5.41, 5.74) is 5.52. The largest absolute Gasteiger partial charge is 0.462 e. The van der Waals surface area contributed by atoms with Crippen LogP contribution < -0.4 is 5.32 Å². The van der Waals surface area contributed by atoms with Crippen LogP contribution >= 0.6 is 0 Å². The highest BCUT2D eigenvalue weighted by molar-refractivity contribution is 6.09. The van der Waals surface area contributed by atoms with Crippen molar-refractivity contribution in [2.24, 2.45) is 5.92 Å². The lowest BCUT2D eigenvalue weighted by molar-refractivity contribution is -0.121. The van der Waals surface area contributed by atoms with Gasteiger partial charge in [-0.1, -0.05) is 67.8 Å². The summed E-state index contributed by atoms with van der Waals surface area (Å²) < 4.78 is 5.06. The van der Waals surface area contributed by atoms with Gasteiger partial charge in [0, 0.05) is 47.2 Å². The number of para-hydroxylation sites is 1. The first kappa shape index (κ1) is 33.3. The zero-order valence-corrected chi connectivity index (χ0v) is 28.1. The Morgan fingerprint density at radius 2 is 1.54 bits per heavy atom. The number of carbonyl (C=O) groups excluding carboxylic acids is 3. The first-order chi connectivity index (χ1) is 23.5. The lowest BCUT2D eigenvalue weighted by Gasteiger charge is -2.36.